The molecule has 0 radical (unpaired) electrons. The van der Waals surface area contributed by atoms with E-state index in [0.29, 0.717) is 13.1 Å². The predicted molar refractivity (Wildman–Crippen MR) is 129 cm³/mol. The first-order valence-corrected chi connectivity index (χ1v) is 12.2. The summed E-state index contributed by atoms with van der Waals surface area (Å²) < 4.78 is 13.1. The Morgan fingerprint density at radius 2 is 2.00 bits per heavy atom. The van der Waals surface area contributed by atoms with Gasteiger partial charge < -0.3 is 19.0 Å². The minimum Gasteiger partial charge on any atom is -0.496 e. The fourth-order valence-corrected chi connectivity index (χ4v) is 4.81. The van der Waals surface area contributed by atoms with E-state index in [4.69, 9.17) is 9.15 Å². The van der Waals surface area contributed by atoms with E-state index in [9.17, 15) is 4.79 Å². The van der Waals surface area contributed by atoms with E-state index in [1.165, 1.54) is 11.8 Å². The summed E-state index contributed by atoms with van der Waals surface area (Å²) in [6.45, 7) is 5.24. The van der Waals surface area contributed by atoms with Crippen LogP contribution in [0.5, 0.6) is 5.75 Å². The van der Waals surface area contributed by atoms with Crippen molar-refractivity contribution in [1.29, 1.82) is 0 Å². The molecule has 1 saturated heterocycles. The van der Waals surface area contributed by atoms with E-state index in [-0.39, 0.29) is 11.7 Å². The second-order valence-corrected chi connectivity index (χ2v) is 9.41. The molecule has 0 atom stereocenters. The summed E-state index contributed by atoms with van der Waals surface area (Å²) in [4.78, 5) is 16.9. The largest absolute Gasteiger partial charge is 0.496 e. The number of furan rings is 1. The van der Waals surface area contributed by atoms with Crippen molar-refractivity contribution in [2.45, 2.75) is 38.0 Å². The fraction of sp³-hybridized carbons (Fsp3) is 0.458. The number of piperidine rings is 1. The first-order valence-electron chi connectivity index (χ1n) is 11.2. The fourth-order valence-electron chi connectivity index (χ4n) is 3.94. The summed E-state index contributed by atoms with van der Waals surface area (Å²) in [5.74, 6) is 3.49. The molecule has 9 heteroatoms. The van der Waals surface area contributed by atoms with Gasteiger partial charge in [0, 0.05) is 32.2 Å². The molecule has 3 aromatic rings. The van der Waals surface area contributed by atoms with Gasteiger partial charge in [0.1, 0.15) is 11.5 Å². The molecule has 2 aromatic heterocycles. The van der Waals surface area contributed by atoms with Crippen molar-refractivity contribution in [1.82, 2.24) is 19.7 Å². The molecule has 1 aromatic carbocycles. The third kappa shape index (κ3) is 5.71. The number of hydrogen-bond donors (Lipinski definition) is 0. The molecular weight excluding hydrogens is 438 g/mol. The van der Waals surface area contributed by atoms with Crippen LogP contribution in [0.4, 0.5) is 5.95 Å². The summed E-state index contributed by atoms with van der Waals surface area (Å²) in [6.07, 6.45) is 3.95. The summed E-state index contributed by atoms with van der Waals surface area (Å²) >= 11 is 1.41. The highest BCUT2D eigenvalue weighted by Gasteiger charge is 2.24. The summed E-state index contributed by atoms with van der Waals surface area (Å²) in [5, 5.41) is 9.65. The van der Waals surface area contributed by atoms with Gasteiger partial charge in [-0.1, -0.05) is 36.9 Å². The summed E-state index contributed by atoms with van der Waals surface area (Å²) in [5.41, 5.74) is 0.975. The maximum atomic E-state index is 12.9. The molecule has 4 rings (SSSR count). The number of carbonyl (C=O) groups is 1. The van der Waals surface area contributed by atoms with Crippen molar-refractivity contribution in [3.63, 3.8) is 0 Å². The number of nitrogens with zero attached hydrogens (tertiary/aromatic N) is 5. The number of rotatable bonds is 9. The third-order valence-corrected chi connectivity index (χ3v) is 6.96. The van der Waals surface area contributed by atoms with Gasteiger partial charge in [-0.25, -0.2) is 0 Å². The average Bonchev–Trinajstić information content (AvgIpc) is 3.49. The number of amides is 1. The molecule has 3 heterocycles. The van der Waals surface area contributed by atoms with Crippen LogP contribution < -0.4 is 9.64 Å². The Hall–Kier alpha value is -2.94. The van der Waals surface area contributed by atoms with Gasteiger partial charge in [-0.3, -0.25) is 9.36 Å². The van der Waals surface area contributed by atoms with Crippen molar-refractivity contribution in [2.75, 3.05) is 37.9 Å². The first kappa shape index (κ1) is 23.2. The lowest BCUT2D eigenvalue weighted by molar-refractivity contribution is -0.127. The van der Waals surface area contributed by atoms with Crippen LogP contribution >= 0.6 is 11.8 Å². The van der Waals surface area contributed by atoms with E-state index >= 15 is 0 Å². The molecule has 176 valence electrons. The summed E-state index contributed by atoms with van der Waals surface area (Å²) in [6, 6.07) is 11.6. The first-order chi connectivity index (χ1) is 16.0. The standard InChI is InChI=1S/C24H31N5O3S/c1-18-10-12-28(13-11-18)23-25-26-24(29(23)16-20-8-6-14-32-20)33-17-22(30)27(2)15-19-7-4-5-9-21(19)31-3/h4-9,14,18H,10-13,15-17H2,1-3H3. The topological polar surface area (TPSA) is 76.6 Å². The van der Waals surface area contributed by atoms with Gasteiger partial charge in [-0.05, 0) is 37.0 Å². The van der Waals surface area contributed by atoms with Gasteiger partial charge in [0.25, 0.3) is 0 Å². The van der Waals surface area contributed by atoms with E-state index in [1.807, 2.05) is 43.4 Å². The van der Waals surface area contributed by atoms with Gasteiger partial charge in [0.15, 0.2) is 5.16 Å². The highest BCUT2D eigenvalue weighted by Crippen LogP contribution is 2.27. The zero-order valence-corrected chi connectivity index (χ0v) is 20.3. The van der Waals surface area contributed by atoms with Gasteiger partial charge in [-0.15, -0.1) is 10.2 Å². The quantitative estimate of drug-likeness (QED) is 0.440. The molecule has 0 saturated carbocycles. The van der Waals surface area contributed by atoms with Crippen LogP contribution in [0, 0.1) is 5.92 Å². The van der Waals surface area contributed by atoms with Crippen LogP contribution in [0.2, 0.25) is 0 Å². The molecule has 1 amide bonds. The Balaban J connectivity index is 1.45. The average molecular weight is 470 g/mol. The zero-order chi connectivity index (χ0) is 23.2. The van der Waals surface area contributed by atoms with Crippen molar-refractivity contribution in [2.24, 2.45) is 5.92 Å². The Bertz CT molecular complexity index is 1040. The van der Waals surface area contributed by atoms with Crippen LogP contribution in [-0.2, 0) is 17.9 Å². The lowest BCUT2D eigenvalue weighted by Crippen LogP contribution is -2.35. The maximum absolute atomic E-state index is 12.9. The molecule has 0 spiro atoms. The third-order valence-electron chi connectivity index (χ3n) is 6.01. The minimum absolute atomic E-state index is 0.0202. The smallest absolute Gasteiger partial charge is 0.233 e. The Kier molecular flexibility index (Phi) is 7.59. The van der Waals surface area contributed by atoms with E-state index in [0.717, 1.165) is 60.0 Å². The van der Waals surface area contributed by atoms with Gasteiger partial charge in [-0.2, -0.15) is 0 Å². The molecule has 1 fully saturated rings. The highest BCUT2D eigenvalue weighted by molar-refractivity contribution is 7.99. The molecule has 0 aliphatic carbocycles. The predicted octanol–water partition coefficient (Wildman–Crippen LogP) is 3.92. The van der Waals surface area contributed by atoms with Crippen LogP contribution in [0.1, 0.15) is 31.1 Å². The van der Waals surface area contributed by atoms with E-state index in [2.05, 4.69) is 26.6 Å². The maximum Gasteiger partial charge on any atom is 0.233 e. The molecule has 0 bridgehead atoms. The number of methoxy groups -OCH3 is 1. The van der Waals surface area contributed by atoms with Crippen LogP contribution in [0.15, 0.2) is 52.2 Å². The number of carbonyl (C=O) groups excluding carboxylic acids is 1. The molecule has 0 N–H and O–H groups in total. The number of thioether (sulfide) groups is 1. The lowest BCUT2D eigenvalue weighted by atomic mass is 10.00. The van der Waals surface area contributed by atoms with Crippen molar-refractivity contribution in [3.05, 3.63) is 54.0 Å². The summed E-state index contributed by atoms with van der Waals surface area (Å²) in [7, 11) is 3.45. The van der Waals surface area contributed by atoms with Gasteiger partial charge in [0.05, 0.1) is 25.7 Å². The number of para-hydroxylation sites is 1. The van der Waals surface area contributed by atoms with E-state index in [1.54, 1.807) is 18.3 Å². The number of aromatic nitrogens is 3. The minimum atomic E-state index is 0.0202. The normalized spacial score (nSPS) is 14.5. The van der Waals surface area contributed by atoms with Crippen LogP contribution in [0.3, 0.4) is 0 Å². The monoisotopic (exact) mass is 469 g/mol. The number of ether oxygens (including phenoxy) is 1. The van der Waals surface area contributed by atoms with Crippen LogP contribution in [-0.4, -0.2) is 58.6 Å². The second kappa shape index (κ2) is 10.8. The number of benzene rings is 1. The van der Waals surface area contributed by atoms with Crippen molar-refractivity contribution < 1.29 is 13.9 Å². The van der Waals surface area contributed by atoms with Crippen LogP contribution in [0.25, 0.3) is 0 Å². The van der Waals surface area contributed by atoms with Crippen molar-refractivity contribution in [3.8, 4) is 5.75 Å². The zero-order valence-electron chi connectivity index (χ0n) is 19.4. The lowest BCUT2D eigenvalue weighted by Gasteiger charge is -2.31. The second-order valence-electron chi connectivity index (χ2n) is 8.47. The van der Waals surface area contributed by atoms with E-state index < -0.39 is 0 Å². The van der Waals surface area contributed by atoms with Gasteiger partial charge in [0.2, 0.25) is 11.9 Å². The van der Waals surface area contributed by atoms with Crippen molar-refractivity contribution >= 4 is 23.6 Å². The molecule has 0 unspecified atom stereocenters. The molecule has 33 heavy (non-hydrogen) atoms. The SMILES string of the molecule is COc1ccccc1CN(C)C(=O)CSc1nnc(N2CCC(C)CC2)n1Cc1ccco1. The Morgan fingerprint density at radius 1 is 1.21 bits per heavy atom. The molecular formula is C24H31N5O3S. The molecule has 1 aliphatic heterocycles. The number of anilines is 1. The highest BCUT2D eigenvalue weighted by atomic mass is 32.2. The number of hydrogen-bond acceptors (Lipinski definition) is 7. The Labute approximate surface area is 198 Å². The van der Waals surface area contributed by atoms with Gasteiger partial charge >= 0.3 is 0 Å². The Morgan fingerprint density at radius 3 is 2.73 bits per heavy atom. The molecule has 1 aliphatic rings. The molecule has 8 nitrogen and oxygen atoms in total.